The molecular weight excluding hydrogens is 377 g/mol. The summed E-state index contributed by atoms with van der Waals surface area (Å²) in [5, 5.41) is 0.681. The van der Waals surface area contributed by atoms with Gasteiger partial charge in [0.15, 0.2) is 8.46 Å². The molecule has 0 bridgehead atoms. The van der Waals surface area contributed by atoms with E-state index >= 15 is 0 Å². The van der Waals surface area contributed by atoms with Crippen LogP contribution in [0.2, 0.25) is 0 Å². The Kier molecular flexibility index (Phi) is 5.03. The van der Waals surface area contributed by atoms with Gasteiger partial charge in [-0.1, -0.05) is 42.5 Å². The highest BCUT2D eigenvalue weighted by Gasteiger charge is 2.19. The molecule has 4 nitrogen and oxygen atoms in total. The van der Waals surface area contributed by atoms with Gasteiger partial charge < -0.3 is 17.2 Å². The third kappa shape index (κ3) is 3.71. The van der Waals surface area contributed by atoms with E-state index in [1.54, 1.807) is 0 Å². The maximum absolute atomic E-state index is 12.1. The first-order valence-electron chi connectivity index (χ1n) is 9.15. The molecule has 4 aromatic carbocycles. The minimum absolute atomic E-state index is 0.0680. The Balaban J connectivity index is 2.13. The number of hydrogen-bond acceptors (Lipinski definition) is 4. The van der Waals surface area contributed by atoms with Crippen molar-refractivity contribution in [1.82, 2.24) is 0 Å². The first-order chi connectivity index (χ1) is 14.1. The maximum atomic E-state index is 12.1. The lowest BCUT2D eigenvalue weighted by Crippen LogP contribution is -2.04. The van der Waals surface area contributed by atoms with E-state index in [0.29, 0.717) is 22.4 Å². The monoisotopic (exact) mass is 397 g/mol. The maximum Gasteiger partial charge on any atom is 0.192 e. The van der Waals surface area contributed by atoms with Gasteiger partial charge >= 0.3 is 0 Å². The molecule has 6 N–H and O–H groups in total. The van der Waals surface area contributed by atoms with Crippen LogP contribution >= 0.6 is 8.46 Å². The van der Waals surface area contributed by atoms with Crippen LogP contribution in [0.3, 0.4) is 0 Å². The van der Waals surface area contributed by atoms with Crippen molar-refractivity contribution < 1.29 is 4.57 Å². The summed E-state index contributed by atoms with van der Waals surface area (Å²) in [4.78, 5) is 0. The van der Waals surface area contributed by atoms with Crippen molar-refractivity contribution in [2.75, 3.05) is 17.2 Å². The second-order valence-electron chi connectivity index (χ2n) is 6.85. The second-order valence-corrected chi connectivity index (χ2v) is 7.51. The standard InChI is InChI=1S/C24H20N3OP/c25-18-7-1-4-15(12-18)21-10-11-22(29-28)24(17-6-3-9-20(27)14-17)23(21)16-5-2-8-19(26)13-16/h1-14H,25-27H2. The Bertz CT molecular complexity index is 1220. The number of benzene rings is 4. The van der Waals surface area contributed by atoms with Crippen LogP contribution in [0.1, 0.15) is 0 Å². The molecule has 0 aliphatic heterocycles. The predicted molar refractivity (Wildman–Crippen MR) is 123 cm³/mol. The first-order valence-corrected chi connectivity index (χ1v) is 9.96. The highest BCUT2D eigenvalue weighted by Crippen LogP contribution is 2.41. The third-order valence-corrected chi connectivity index (χ3v) is 5.40. The molecule has 0 spiro atoms. The van der Waals surface area contributed by atoms with Gasteiger partial charge in [-0.3, -0.25) is 4.57 Å². The fraction of sp³-hybridized carbons (Fsp3) is 0. The molecule has 0 aromatic heterocycles. The van der Waals surface area contributed by atoms with E-state index in [-0.39, 0.29) is 8.46 Å². The topological polar surface area (TPSA) is 95.1 Å². The summed E-state index contributed by atoms with van der Waals surface area (Å²) in [6.45, 7) is 0. The molecule has 0 unspecified atom stereocenters. The molecule has 0 heterocycles. The Morgan fingerprint density at radius 3 is 1.55 bits per heavy atom. The summed E-state index contributed by atoms with van der Waals surface area (Å²) in [7, 11) is -0.0680. The number of nitrogens with two attached hydrogens (primary N) is 3. The molecule has 0 saturated heterocycles. The van der Waals surface area contributed by atoms with Gasteiger partial charge in [0.25, 0.3) is 0 Å². The Morgan fingerprint density at radius 2 is 1.03 bits per heavy atom. The zero-order chi connectivity index (χ0) is 20.4. The number of hydrogen-bond donors (Lipinski definition) is 3. The quantitative estimate of drug-likeness (QED) is 0.319. The van der Waals surface area contributed by atoms with Crippen LogP contribution in [-0.2, 0) is 4.57 Å². The lowest BCUT2D eigenvalue weighted by atomic mass is 9.87. The van der Waals surface area contributed by atoms with Crippen molar-refractivity contribution in [3.63, 3.8) is 0 Å². The van der Waals surface area contributed by atoms with Crippen molar-refractivity contribution in [3.05, 3.63) is 84.9 Å². The van der Waals surface area contributed by atoms with Crippen molar-refractivity contribution in [2.24, 2.45) is 0 Å². The van der Waals surface area contributed by atoms with E-state index in [9.17, 15) is 4.57 Å². The smallest absolute Gasteiger partial charge is 0.192 e. The third-order valence-electron chi connectivity index (χ3n) is 4.83. The summed E-state index contributed by atoms with van der Waals surface area (Å²) < 4.78 is 12.1. The van der Waals surface area contributed by atoms with Gasteiger partial charge in [0.05, 0.1) is 5.30 Å². The van der Waals surface area contributed by atoms with Crippen molar-refractivity contribution >= 4 is 30.8 Å². The predicted octanol–water partition coefficient (Wildman–Crippen LogP) is 5.35. The van der Waals surface area contributed by atoms with Crippen LogP contribution < -0.4 is 22.5 Å². The van der Waals surface area contributed by atoms with Gasteiger partial charge in [-0.05, 0) is 70.3 Å². The molecule has 5 heteroatoms. The minimum atomic E-state index is -0.0680. The van der Waals surface area contributed by atoms with Crippen LogP contribution in [0, 0.1) is 0 Å². The number of anilines is 3. The zero-order valence-corrected chi connectivity index (χ0v) is 16.6. The van der Waals surface area contributed by atoms with Crippen LogP contribution in [0.4, 0.5) is 17.1 Å². The highest BCUT2D eigenvalue weighted by atomic mass is 31.1. The van der Waals surface area contributed by atoms with E-state index in [1.165, 1.54) is 0 Å². The lowest BCUT2D eigenvalue weighted by Gasteiger charge is -2.18. The molecule has 0 amide bonds. The molecule has 4 aromatic rings. The van der Waals surface area contributed by atoms with E-state index in [4.69, 9.17) is 17.2 Å². The average molecular weight is 397 g/mol. The molecule has 4 rings (SSSR count). The van der Waals surface area contributed by atoms with E-state index in [0.717, 1.165) is 33.4 Å². The Hall–Kier alpha value is -3.62. The molecule has 0 aliphatic rings. The molecule has 142 valence electrons. The van der Waals surface area contributed by atoms with Gasteiger partial charge in [0.2, 0.25) is 0 Å². The van der Waals surface area contributed by atoms with E-state index in [2.05, 4.69) is 0 Å². The van der Waals surface area contributed by atoms with Gasteiger partial charge in [-0.25, -0.2) is 0 Å². The van der Waals surface area contributed by atoms with Gasteiger partial charge in [0, 0.05) is 22.6 Å². The van der Waals surface area contributed by atoms with Crippen molar-refractivity contribution in [2.45, 2.75) is 0 Å². The van der Waals surface area contributed by atoms with Crippen LogP contribution in [0.15, 0.2) is 84.9 Å². The molecule has 29 heavy (non-hydrogen) atoms. The van der Waals surface area contributed by atoms with E-state index < -0.39 is 0 Å². The minimum Gasteiger partial charge on any atom is -0.399 e. The molecular formula is C24H20N3OP. The normalized spacial score (nSPS) is 10.9. The molecule has 0 atom stereocenters. The SMILES string of the molecule is Nc1cccc(-c2ccc(P=O)c(-c3cccc(N)c3)c2-c2cccc(N)c2)c1. The Labute approximate surface area is 171 Å². The summed E-state index contributed by atoms with van der Waals surface area (Å²) in [5.41, 5.74) is 25.7. The van der Waals surface area contributed by atoms with Crippen LogP contribution in [-0.4, -0.2) is 0 Å². The first kappa shape index (κ1) is 18.7. The molecule has 0 aliphatic carbocycles. The van der Waals surface area contributed by atoms with Crippen molar-refractivity contribution in [3.8, 4) is 33.4 Å². The van der Waals surface area contributed by atoms with E-state index in [1.807, 2.05) is 84.9 Å². The van der Waals surface area contributed by atoms with Gasteiger partial charge in [0.1, 0.15) is 0 Å². The highest BCUT2D eigenvalue weighted by molar-refractivity contribution is 7.34. The molecule has 0 radical (unpaired) electrons. The fourth-order valence-electron chi connectivity index (χ4n) is 3.59. The summed E-state index contributed by atoms with van der Waals surface area (Å²) in [6, 6.07) is 26.9. The summed E-state index contributed by atoms with van der Waals surface area (Å²) >= 11 is 0. The largest absolute Gasteiger partial charge is 0.399 e. The van der Waals surface area contributed by atoms with Crippen LogP contribution in [0.5, 0.6) is 0 Å². The number of rotatable bonds is 4. The summed E-state index contributed by atoms with van der Waals surface area (Å²) in [6.07, 6.45) is 0. The van der Waals surface area contributed by atoms with Gasteiger partial charge in [-0.2, -0.15) is 0 Å². The fourth-order valence-corrected chi connectivity index (χ4v) is 4.06. The van der Waals surface area contributed by atoms with Crippen LogP contribution in [0.25, 0.3) is 33.4 Å². The number of nitrogen functional groups attached to an aromatic ring is 3. The van der Waals surface area contributed by atoms with Crippen molar-refractivity contribution in [1.29, 1.82) is 0 Å². The molecule has 0 fully saturated rings. The average Bonchev–Trinajstić information content (AvgIpc) is 2.72. The van der Waals surface area contributed by atoms with Gasteiger partial charge in [-0.15, -0.1) is 0 Å². The second kappa shape index (κ2) is 7.78. The Morgan fingerprint density at radius 1 is 0.552 bits per heavy atom. The summed E-state index contributed by atoms with van der Waals surface area (Å²) in [5.74, 6) is 0. The lowest BCUT2D eigenvalue weighted by molar-refractivity contribution is 0.603. The molecule has 0 saturated carbocycles. The zero-order valence-electron chi connectivity index (χ0n) is 15.7.